The lowest BCUT2D eigenvalue weighted by molar-refractivity contribution is 0.0952. The molecule has 0 heterocycles. The highest BCUT2D eigenvalue weighted by Gasteiger charge is 2.09. The summed E-state index contributed by atoms with van der Waals surface area (Å²) in [6.07, 6.45) is 1.48. The molecule has 0 unspecified atom stereocenters. The van der Waals surface area contributed by atoms with Gasteiger partial charge in [-0.3, -0.25) is 4.79 Å². The predicted octanol–water partition coefficient (Wildman–Crippen LogP) is 3.96. The fourth-order valence-electron chi connectivity index (χ4n) is 2.36. The fraction of sp³-hybridized carbons (Fsp3) is 0.0476. The van der Waals surface area contributed by atoms with Crippen LogP contribution in [0, 0.1) is 0 Å². The molecule has 0 saturated carbocycles. The molecule has 27 heavy (non-hydrogen) atoms. The first-order valence-electron chi connectivity index (χ1n) is 8.19. The minimum Gasteiger partial charge on any atom is -0.507 e. The van der Waals surface area contributed by atoms with Crippen LogP contribution in [-0.4, -0.2) is 24.3 Å². The molecule has 2 N–H and O–H groups in total. The monoisotopic (exact) mass is 362 g/mol. The quantitative estimate of drug-likeness (QED) is 0.514. The molecule has 3 aromatic rings. The lowest BCUT2D eigenvalue weighted by Crippen LogP contribution is -2.17. The van der Waals surface area contributed by atoms with E-state index in [1.165, 1.54) is 18.3 Å². The van der Waals surface area contributed by atoms with E-state index in [1.807, 2.05) is 30.3 Å². The minimum atomic E-state index is -0.500. The van der Waals surface area contributed by atoms with E-state index in [1.54, 1.807) is 37.4 Å². The Kier molecular flexibility index (Phi) is 5.69. The third-order valence-electron chi connectivity index (χ3n) is 3.69. The van der Waals surface area contributed by atoms with Crippen molar-refractivity contribution in [1.29, 1.82) is 0 Å². The number of hydrazone groups is 1. The van der Waals surface area contributed by atoms with Crippen molar-refractivity contribution in [2.45, 2.75) is 0 Å². The van der Waals surface area contributed by atoms with Gasteiger partial charge in [0.2, 0.25) is 0 Å². The standard InChI is InChI=1S/C21H18N2O4/c1-26-20-13-15(11-12-19(20)27-16-7-3-2-4-8-16)14-22-23-21(25)17-9-5-6-10-18(17)24/h2-14,24H,1H3,(H,23,25)/b22-14+. The Hall–Kier alpha value is -3.80. The third kappa shape index (κ3) is 4.64. The van der Waals surface area contributed by atoms with Crippen LogP contribution in [0.15, 0.2) is 77.9 Å². The number of phenols is 1. The summed E-state index contributed by atoms with van der Waals surface area (Å²) in [6, 6.07) is 20.9. The van der Waals surface area contributed by atoms with Gasteiger partial charge in [-0.2, -0.15) is 5.10 Å². The van der Waals surface area contributed by atoms with Crippen molar-refractivity contribution >= 4 is 12.1 Å². The molecule has 0 fully saturated rings. The third-order valence-corrected chi connectivity index (χ3v) is 3.69. The molecule has 1 amide bonds. The van der Waals surface area contributed by atoms with Crippen molar-refractivity contribution in [3.05, 3.63) is 83.9 Å². The van der Waals surface area contributed by atoms with Crippen molar-refractivity contribution in [2.24, 2.45) is 5.10 Å². The summed E-state index contributed by atoms with van der Waals surface area (Å²) in [4.78, 5) is 12.0. The molecule has 3 aromatic carbocycles. The zero-order valence-electron chi connectivity index (χ0n) is 14.6. The first-order valence-corrected chi connectivity index (χ1v) is 8.19. The van der Waals surface area contributed by atoms with Crippen LogP contribution in [0.1, 0.15) is 15.9 Å². The number of methoxy groups -OCH3 is 1. The van der Waals surface area contributed by atoms with E-state index in [-0.39, 0.29) is 11.3 Å². The van der Waals surface area contributed by atoms with Crippen molar-refractivity contribution in [3.8, 4) is 23.0 Å². The van der Waals surface area contributed by atoms with Gasteiger partial charge < -0.3 is 14.6 Å². The Labute approximate surface area is 156 Å². The lowest BCUT2D eigenvalue weighted by Gasteiger charge is -2.10. The zero-order valence-corrected chi connectivity index (χ0v) is 14.6. The van der Waals surface area contributed by atoms with Crippen LogP contribution in [-0.2, 0) is 0 Å². The van der Waals surface area contributed by atoms with Crippen LogP contribution >= 0.6 is 0 Å². The SMILES string of the molecule is COc1cc(/C=N/NC(=O)c2ccccc2O)ccc1Oc1ccccc1. The van der Waals surface area contributed by atoms with Gasteiger partial charge in [0.15, 0.2) is 11.5 Å². The van der Waals surface area contributed by atoms with Crippen molar-refractivity contribution in [1.82, 2.24) is 5.43 Å². The largest absolute Gasteiger partial charge is 0.507 e. The maximum absolute atomic E-state index is 12.0. The van der Waals surface area contributed by atoms with Crippen LogP contribution < -0.4 is 14.9 Å². The van der Waals surface area contributed by atoms with E-state index in [0.29, 0.717) is 22.8 Å². The lowest BCUT2D eigenvalue weighted by atomic mass is 10.2. The Bertz CT molecular complexity index is 955. The van der Waals surface area contributed by atoms with Crippen molar-refractivity contribution in [2.75, 3.05) is 7.11 Å². The number of carbonyl (C=O) groups excluding carboxylic acids is 1. The number of para-hydroxylation sites is 2. The number of carbonyl (C=O) groups is 1. The maximum Gasteiger partial charge on any atom is 0.275 e. The minimum absolute atomic E-state index is 0.103. The molecule has 6 heteroatoms. The van der Waals surface area contributed by atoms with E-state index in [0.717, 1.165) is 0 Å². The average Bonchev–Trinajstić information content (AvgIpc) is 2.70. The van der Waals surface area contributed by atoms with Gasteiger partial charge in [-0.05, 0) is 48.0 Å². The number of nitrogens with zero attached hydrogens (tertiary/aromatic N) is 1. The van der Waals surface area contributed by atoms with E-state index in [4.69, 9.17) is 9.47 Å². The molecule has 0 atom stereocenters. The summed E-state index contributed by atoms with van der Waals surface area (Å²) in [5.41, 5.74) is 3.24. The van der Waals surface area contributed by atoms with Gasteiger partial charge in [0.05, 0.1) is 18.9 Å². The van der Waals surface area contributed by atoms with E-state index in [2.05, 4.69) is 10.5 Å². The molecule has 0 spiro atoms. The topological polar surface area (TPSA) is 80.2 Å². The molecule has 0 aliphatic carbocycles. The van der Waals surface area contributed by atoms with E-state index < -0.39 is 5.91 Å². The highest BCUT2D eigenvalue weighted by atomic mass is 16.5. The van der Waals surface area contributed by atoms with Gasteiger partial charge in [-0.25, -0.2) is 5.43 Å². The van der Waals surface area contributed by atoms with Gasteiger partial charge >= 0.3 is 0 Å². The number of ether oxygens (including phenoxy) is 2. The fourth-order valence-corrected chi connectivity index (χ4v) is 2.36. The molecule has 3 rings (SSSR count). The van der Waals surface area contributed by atoms with Crippen LogP contribution in [0.4, 0.5) is 0 Å². The van der Waals surface area contributed by atoms with Gasteiger partial charge in [0, 0.05) is 0 Å². The number of nitrogens with one attached hydrogen (secondary N) is 1. The Morgan fingerprint density at radius 1 is 1.00 bits per heavy atom. The molecule has 6 nitrogen and oxygen atoms in total. The van der Waals surface area contributed by atoms with Crippen LogP contribution in [0.3, 0.4) is 0 Å². The summed E-state index contributed by atoms with van der Waals surface area (Å²) in [6.45, 7) is 0. The molecule has 0 radical (unpaired) electrons. The number of aromatic hydroxyl groups is 1. The van der Waals surface area contributed by atoms with Gasteiger partial charge in [-0.1, -0.05) is 30.3 Å². The summed E-state index contributed by atoms with van der Waals surface area (Å²) in [5.74, 6) is 1.20. The summed E-state index contributed by atoms with van der Waals surface area (Å²) < 4.78 is 11.2. The number of phenolic OH excluding ortho intramolecular Hbond substituents is 1. The van der Waals surface area contributed by atoms with Gasteiger partial charge in [0.1, 0.15) is 11.5 Å². The van der Waals surface area contributed by atoms with E-state index >= 15 is 0 Å². The van der Waals surface area contributed by atoms with Gasteiger partial charge in [0.25, 0.3) is 5.91 Å². The maximum atomic E-state index is 12.0. The Morgan fingerprint density at radius 3 is 2.48 bits per heavy atom. The molecular weight excluding hydrogens is 344 g/mol. The number of hydrogen-bond donors (Lipinski definition) is 2. The van der Waals surface area contributed by atoms with Crippen LogP contribution in [0.5, 0.6) is 23.0 Å². The second kappa shape index (κ2) is 8.53. The highest BCUT2D eigenvalue weighted by molar-refractivity contribution is 5.97. The zero-order chi connectivity index (χ0) is 19.1. The van der Waals surface area contributed by atoms with Crippen LogP contribution in [0.2, 0.25) is 0 Å². The summed E-state index contributed by atoms with van der Waals surface area (Å²) >= 11 is 0. The number of benzene rings is 3. The summed E-state index contributed by atoms with van der Waals surface area (Å²) in [5, 5.41) is 13.6. The number of hydrogen-bond acceptors (Lipinski definition) is 5. The van der Waals surface area contributed by atoms with Crippen molar-refractivity contribution < 1.29 is 19.4 Å². The van der Waals surface area contributed by atoms with E-state index in [9.17, 15) is 9.90 Å². The average molecular weight is 362 g/mol. The van der Waals surface area contributed by atoms with Crippen LogP contribution in [0.25, 0.3) is 0 Å². The number of rotatable bonds is 6. The van der Waals surface area contributed by atoms with Gasteiger partial charge in [-0.15, -0.1) is 0 Å². The predicted molar refractivity (Wildman–Crippen MR) is 103 cm³/mol. The molecule has 0 aliphatic rings. The molecule has 0 aliphatic heterocycles. The smallest absolute Gasteiger partial charge is 0.275 e. The molecule has 0 bridgehead atoms. The first-order chi connectivity index (χ1) is 13.2. The number of amides is 1. The normalized spacial score (nSPS) is 10.6. The molecule has 136 valence electrons. The second-order valence-corrected chi connectivity index (χ2v) is 5.54. The Morgan fingerprint density at radius 2 is 1.74 bits per heavy atom. The highest BCUT2D eigenvalue weighted by Crippen LogP contribution is 2.31. The molecule has 0 saturated heterocycles. The Balaban J connectivity index is 1.69. The first kappa shape index (κ1) is 18.0. The molecular formula is C21H18N2O4. The molecule has 0 aromatic heterocycles. The van der Waals surface area contributed by atoms with Crippen molar-refractivity contribution in [3.63, 3.8) is 0 Å². The summed E-state index contributed by atoms with van der Waals surface area (Å²) in [7, 11) is 1.55. The second-order valence-electron chi connectivity index (χ2n) is 5.54.